The third kappa shape index (κ3) is 3.98. The first-order valence-corrected chi connectivity index (χ1v) is 7.72. The summed E-state index contributed by atoms with van der Waals surface area (Å²) in [6, 6.07) is 10.3. The molecule has 20 heavy (non-hydrogen) atoms. The molecule has 0 heterocycles. The molecule has 106 valence electrons. The van der Waals surface area contributed by atoms with Crippen molar-refractivity contribution in [3.8, 4) is 11.8 Å². The van der Waals surface area contributed by atoms with E-state index in [2.05, 4.69) is 11.0 Å². The van der Waals surface area contributed by atoms with Crippen LogP contribution in [0.1, 0.15) is 37.7 Å². The molecular formula is C17H22N2O. The molecule has 2 aliphatic carbocycles. The lowest BCUT2D eigenvalue weighted by Crippen LogP contribution is -2.30. The van der Waals surface area contributed by atoms with Gasteiger partial charge in [0.15, 0.2) is 0 Å². The zero-order valence-electron chi connectivity index (χ0n) is 11.9. The van der Waals surface area contributed by atoms with E-state index in [1.54, 1.807) is 12.1 Å². The van der Waals surface area contributed by atoms with Gasteiger partial charge in [-0.25, -0.2) is 0 Å². The Bertz CT molecular complexity index is 469. The van der Waals surface area contributed by atoms with E-state index in [9.17, 15) is 0 Å². The molecule has 3 nitrogen and oxygen atoms in total. The van der Waals surface area contributed by atoms with E-state index in [0.29, 0.717) is 5.56 Å². The number of hydrogen-bond donors (Lipinski definition) is 0. The summed E-state index contributed by atoms with van der Waals surface area (Å²) in [5, 5.41) is 8.74. The summed E-state index contributed by atoms with van der Waals surface area (Å²) in [4.78, 5) is 2.67. The van der Waals surface area contributed by atoms with Gasteiger partial charge >= 0.3 is 0 Å². The molecule has 0 saturated heterocycles. The second kappa shape index (κ2) is 6.28. The van der Waals surface area contributed by atoms with Crippen molar-refractivity contribution in [3.63, 3.8) is 0 Å². The summed E-state index contributed by atoms with van der Waals surface area (Å²) < 4.78 is 5.74. The van der Waals surface area contributed by atoms with Crippen LogP contribution in [0.15, 0.2) is 24.3 Å². The van der Waals surface area contributed by atoms with E-state index in [4.69, 9.17) is 10.00 Å². The lowest BCUT2D eigenvalue weighted by Gasteiger charge is -2.21. The van der Waals surface area contributed by atoms with Crippen molar-refractivity contribution in [2.45, 2.75) is 38.1 Å². The van der Waals surface area contributed by atoms with E-state index in [1.165, 1.54) is 32.2 Å². The molecule has 1 aromatic carbocycles. The van der Waals surface area contributed by atoms with Gasteiger partial charge in [0, 0.05) is 19.1 Å². The Hall–Kier alpha value is -1.53. The predicted molar refractivity (Wildman–Crippen MR) is 78.6 cm³/mol. The minimum atomic E-state index is 0.682. The van der Waals surface area contributed by atoms with Crippen LogP contribution >= 0.6 is 0 Å². The molecule has 0 spiro atoms. The van der Waals surface area contributed by atoms with Gasteiger partial charge in [-0.15, -0.1) is 0 Å². The fourth-order valence-corrected chi connectivity index (χ4v) is 2.58. The number of rotatable bonds is 8. The monoisotopic (exact) mass is 270 g/mol. The molecule has 0 atom stereocenters. The Morgan fingerprint density at radius 3 is 2.50 bits per heavy atom. The van der Waals surface area contributed by atoms with E-state index >= 15 is 0 Å². The van der Waals surface area contributed by atoms with Crippen LogP contribution < -0.4 is 4.74 Å². The maximum atomic E-state index is 8.74. The average Bonchev–Trinajstić information content (AvgIpc) is 3.36. The van der Waals surface area contributed by atoms with Gasteiger partial charge in [0.1, 0.15) is 5.75 Å². The quantitative estimate of drug-likeness (QED) is 0.681. The average molecular weight is 270 g/mol. The van der Waals surface area contributed by atoms with Crippen LogP contribution in [-0.4, -0.2) is 30.6 Å². The molecule has 0 N–H and O–H groups in total. The molecule has 2 aliphatic rings. The fourth-order valence-electron chi connectivity index (χ4n) is 2.58. The maximum Gasteiger partial charge on any atom is 0.119 e. The number of nitrogens with zero attached hydrogens (tertiary/aromatic N) is 2. The molecule has 0 aromatic heterocycles. The lowest BCUT2D eigenvalue weighted by molar-refractivity contribution is 0.220. The highest BCUT2D eigenvalue weighted by Gasteiger charge is 2.33. The predicted octanol–water partition coefficient (Wildman–Crippen LogP) is 3.20. The molecule has 0 radical (unpaired) electrons. The highest BCUT2D eigenvalue weighted by Crippen LogP contribution is 2.34. The molecule has 0 bridgehead atoms. The minimum Gasteiger partial charge on any atom is -0.494 e. The second-order valence-corrected chi connectivity index (χ2v) is 6.01. The third-order valence-electron chi connectivity index (χ3n) is 4.09. The van der Waals surface area contributed by atoms with E-state index in [-0.39, 0.29) is 0 Å². The second-order valence-electron chi connectivity index (χ2n) is 6.01. The van der Waals surface area contributed by atoms with Gasteiger partial charge in [0.25, 0.3) is 0 Å². The molecule has 3 heteroatoms. The van der Waals surface area contributed by atoms with Crippen LogP contribution in [0.4, 0.5) is 0 Å². The van der Waals surface area contributed by atoms with Gasteiger partial charge in [0.05, 0.1) is 18.2 Å². The van der Waals surface area contributed by atoms with Crippen LogP contribution in [0.2, 0.25) is 0 Å². The Balaban J connectivity index is 1.36. The molecule has 1 aromatic rings. The number of hydrogen-bond acceptors (Lipinski definition) is 3. The summed E-state index contributed by atoms with van der Waals surface area (Å²) >= 11 is 0. The van der Waals surface area contributed by atoms with Gasteiger partial charge in [-0.1, -0.05) is 0 Å². The summed E-state index contributed by atoms with van der Waals surface area (Å²) in [6.45, 7) is 3.23. The Labute approximate surface area is 121 Å². The summed E-state index contributed by atoms with van der Waals surface area (Å²) in [5.74, 6) is 1.85. The molecule has 2 saturated carbocycles. The van der Waals surface area contributed by atoms with Crippen LogP contribution in [0, 0.1) is 17.2 Å². The van der Waals surface area contributed by atoms with Crippen molar-refractivity contribution in [1.29, 1.82) is 5.26 Å². The van der Waals surface area contributed by atoms with Gasteiger partial charge in [-0.2, -0.15) is 5.26 Å². The standard InChI is InChI=1S/C17H22N2O/c18-12-14-4-8-17(9-5-14)20-11-1-10-19(16-6-7-16)13-15-2-3-15/h4-5,8-9,15-16H,1-3,6-7,10-11,13H2. The topological polar surface area (TPSA) is 36.3 Å². The normalized spacial score (nSPS) is 18.0. The van der Waals surface area contributed by atoms with E-state index in [1.807, 2.05) is 12.1 Å². The summed E-state index contributed by atoms with van der Waals surface area (Å²) in [5.41, 5.74) is 0.682. The number of benzene rings is 1. The van der Waals surface area contributed by atoms with Crippen molar-refractivity contribution < 1.29 is 4.74 Å². The van der Waals surface area contributed by atoms with Gasteiger partial charge in [-0.05, 0) is 62.3 Å². The van der Waals surface area contributed by atoms with Crippen molar-refractivity contribution in [3.05, 3.63) is 29.8 Å². The highest BCUT2D eigenvalue weighted by atomic mass is 16.5. The SMILES string of the molecule is N#Cc1ccc(OCCCN(CC2CC2)C2CC2)cc1. The van der Waals surface area contributed by atoms with Crippen molar-refractivity contribution in [2.75, 3.05) is 19.7 Å². The molecule has 0 aliphatic heterocycles. The van der Waals surface area contributed by atoms with Gasteiger partial charge in [-0.3, -0.25) is 4.90 Å². The van der Waals surface area contributed by atoms with Gasteiger partial charge < -0.3 is 4.74 Å². The number of ether oxygens (including phenoxy) is 1. The third-order valence-corrected chi connectivity index (χ3v) is 4.09. The maximum absolute atomic E-state index is 8.74. The zero-order chi connectivity index (χ0) is 13.8. The van der Waals surface area contributed by atoms with Gasteiger partial charge in [0.2, 0.25) is 0 Å². The molecule has 0 unspecified atom stereocenters. The van der Waals surface area contributed by atoms with Crippen LogP contribution in [0.25, 0.3) is 0 Å². The van der Waals surface area contributed by atoms with Crippen molar-refractivity contribution >= 4 is 0 Å². The zero-order valence-corrected chi connectivity index (χ0v) is 11.9. The molecular weight excluding hydrogens is 248 g/mol. The van der Waals surface area contributed by atoms with Crippen LogP contribution in [0.3, 0.4) is 0 Å². The van der Waals surface area contributed by atoms with E-state index in [0.717, 1.165) is 37.3 Å². The summed E-state index contributed by atoms with van der Waals surface area (Å²) in [7, 11) is 0. The Morgan fingerprint density at radius 1 is 1.15 bits per heavy atom. The van der Waals surface area contributed by atoms with Crippen LogP contribution in [-0.2, 0) is 0 Å². The largest absolute Gasteiger partial charge is 0.494 e. The fraction of sp³-hybridized carbons (Fsp3) is 0.588. The summed E-state index contributed by atoms with van der Waals surface area (Å²) in [6.07, 6.45) is 6.74. The molecule has 2 fully saturated rings. The number of nitriles is 1. The molecule has 0 amide bonds. The highest BCUT2D eigenvalue weighted by molar-refractivity contribution is 5.34. The first kappa shape index (κ1) is 13.5. The smallest absolute Gasteiger partial charge is 0.119 e. The van der Waals surface area contributed by atoms with E-state index < -0.39 is 0 Å². The van der Waals surface area contributed by atoms with Crippen molar-refractivity contribution in [2.24, 2.45) is 5.92 Å². The molecule has 3 rings (SSSR count). The lowest BCUT2D eigenvalue weighted by atomic mass is 10.2. The first-order valence-electron chi connectivity index (χ1n) is 7.72. The van der Waals surface area contributed by atoms with Crippen LogP contribution in [0.5, 0.6) is 5.75 Å². The van der Waals surface area contributed by atoms with Crippen molar-refractivity contribution in [1.82, 2.24) is 4.90 Å². The Kier molecular flexibility index (Phi) is 4.22. The first-order chi connectivity index (χ1) is 9.85. The Morgan fingerprint density at radius 2 is 1.90 bits per heavy atom. The minimum absolute atomic E-state index is 0.682.